The Morgan fingerprint density at radius 1 is 1.04 bits per heavy atom. The Morgan fingerprint density at radius 3 is 2.59 bits per heavy atom. The first-order chi connectivity index (χ1) is 12.9. The van der Waals surface area contributed by atoms with Crippen molar-refractivity contribution in [1.29, 1.82) is 0 Å². The zero-order valence-electron chi connectivity index (χ0n) is 14.2. The Labute approximate surface area is 158 Å². The van der Waals surface area contributed by atoms with E-state index in [1.807, 2.05) is 6.92 Å². The highest BCUT2D eigenvalue weighted by atomic mass is 35.5. The van der Waals surface area contributed by atoms with Crippen LogP contribution in [0.3, 0.4) is 0 Å². The summed E-state index contributed by atoms with van der Waals surface area (Å²) in [5.74, 6) is -0.952. The first-order valence-electron chi connectivity index (χ1n) is 8.16. The molecule has 4 aromatic rings. The van der Waals surface area contributed by atoms with Crippen LogP contribution in [-0.2, 0) is 0 Å². The van der Waals surface area contributed by atoms with E-state index >= 15 is 0 Å². The average molecular weight is 382 g/mol. The number of aryl methyl sites for hydroxylation is 1. The molecule has 6 heteroatoms. The third kappa shape index (κ3) is 3.17. The van der Waals surface area contributed by atoms with E-state index in [1.165, 1.54) is 18.2 Å². The molecule has 0 radical (unpaired) electrons. The molecule has 0 saturated heterocycles. The summed E-state index contributed by atoms with van der Waals surface area (Å²) in [7, 11) is 0. The van der Waals surface area contributed by atoms with E-state index in [0.717, 1.165) is 11.6 Å². The molecule has 3 aromatic carbocycles. The van der Waals surface area contributed by atoms with Gasteiger partial charge in [-0.1, -0.05) is 17.7 Å². The molecule has 0 saturated carbocycles. The number of hydrogen-bond acceptors (Lipinski definition) is 3. The van der Waals surface area contributed by atoms with E-state index in [4.69, 9.17) is 16.0 Å². The third-order valence-electron chi connectivity index (χ3n) is 4.30. The second-order valence-corrected chi connectivity index (χ2v) is 6.61. The van der Waals surface area contributed by atoms with Gasteiger partial charge in [-0.3, -0.25) is 9.59 Å². The lowest BCUT2D eigenvalue weighted by Gasteiger charge is -2.08. The fraction of sp³-hybridized carbons (Fsp3) is 0.0476. The molecule has 4 rings (SSSR count). The summed E-state index contributed by atoms with van der Waals surface area (Å²) >= 11 is 6.11. The minimum atomic E-state index is -0.493. The van der Waals surface area contributed by atoms with Crippen molar-refractivity contribution < 1.29 is 13.6 Å². The standard InChI is InChI=1S/C21H13ClFNO3/c1-11-7-18-16(10-17(11)22)20(25)15-6-5-14(9-19(15)27-18)24-21(26)12-3-2-4-13(23)8-12/h2-10H,1H3,(H,24,26). The summed E-state index contributed by atoms with van der Waals surface area (Å²) in [6.07, 6.45) is 0. The van der Waals surface area contributed by atoms with Crippen LogP contribution in [0.25, 0.3) is 21.9 Å². The first kappa shape index (κ1) is 17.2. The number of anilines is 1. The molecule has 4 nitrogen and oxygen atoms in total. The molecule has 0 aliphatic carbocycles. The number of amides is 1. The molecule has 1 heterocycles. The van der Waals surface area contributed by atoms with Gasteiger partial charge in [-0.05, 0) is 55.0 Å². The van der Waals surface area contributed by atoms with E-state index in [1.54, 1.807) is 30.3 Å². The molecule has 134 valence electrons. The molecular formula is C21H13ClFNO3. The molecule has 0 bridgehead atoms. The normalized spacial score (nSPS) is 11.1. The smallest absolute Gasteiger partial charge is 0.255 e. The van der Waals surface area contributed by atoms with Crippen molar-refractivity contribution in [1.82, 2.24) is 0 Å². The van der Waals surface area contributed by atoms with Crippen LogP contribution in [-0.4, -0.2) is 5.91 Å². The minimum absolute atomic E-state index is 0.195. The van der Waals surface area contributed by atoms with Crippen molar-refractivity contribution >= 4 is 45.1 Å². The van der Waals surface area contributed by atoms with Crippen LogP contribution in [0.2, 0.25) is 5.02 Å². The predicted molar refractivity (Wildman–Crippen MR) is 104 cm³/mol. The van der Waals surface area contributed by atoms with Gasteiger partial charge in [0.15, 0.2) is 0 Å². The van der Waals surface area contributed by atoms with Gasteiger partial charge in [0, 0.05) is 22.3 Å². The lowest BCUT2D eigenvalue weighted by Crippen LogP contribution is -2.12. The Hall–Kier alpha value is -3.18. The summed E-state index contributed by atoms with van der Waals surface area (Å²) in [6, 6.07) is 13.4. The highest BCUT2D eigenvalue weighted by molar-refractivity contribution is 6.32. The number of hydrogen-bond donors (Lipinski definition) is 1. The maximum Gasteiger partial charge on any atom is 0.255 e. The van der Waals surface area contributed by atoms with Crippen molar-refractivity contribution in [2.24, 2.45) is 0 Å². The molecule has 0 aliphatic heterocycles. The third-order valence-corrected chi connectivity index (χ3v) is 4.70. The number of rotatable bonds is 2. The summed E-state index contributed by atoms with van der Waals surface area (Å²) in [5, 5.41) is 3.95. The average Bonchev–Trinajstić information content (AvgIpc) is 2.63. The van der Waals surface area contributed by atoms with Crippen LogP contribution >= 0.6 is 11.6 Å². The molecule has 0 spiro atoms. The highest BCUT2D eigenvalue weighted by Gasteiger charge is 2.12. The van der Waals surface area contributed by atoms with Crippen molar-refractivity contribution in [3.63, 3.8) is 0 Å². The van der Waals surface area contributed by atoms with Gasteiger partial charge >= 0.3 is 0 Å². The van der Waals surface area contributed by atoms with E-state index in [9.17, 15) is 14.0 Å². The summed E-state index contributed by atoms with van der Waals surface area (Å²) in [5.41, 5.74) is 1.98. The van der Waals surface area contributed by atoms with Gasteiger partial charge in [0.2, 0.25) is 5.43 Å². The zero-order chi connectivity index (χ0) is 19.1. The lowest BCUT2D eigenvalue weighted by molar-refractivity contribution is 0.102. The number of carbonyl (C=O) groups is 1. The lowest BCUT2D eigenvalue weighted by atomic mass is 10.1. The van der Waals surface area contributed by atoms with Gasteiger partial charge in [-0.25, -0.2) is 4.39 Å². The zero-order valence-corrected chi connectivity index (χ0v) is 14.9. The van der Waals surface area contributed by atoms with Gasteiger partial charge in [-0.15, -0.1) is 0 Å². The number of nitrogens with one attached hydrogen (secondary N) is 1. The van der Waals surface area contributed by atoms with Gasteiger partial charge in [0.25, 0.3) is 5.91 Å². The van der Waals surface area contributed by atoms with Crippen molar-refractivity contribution in [3.05, 3.63) is 86.8 Å². The Morgan fingerprint density at radius 2 is 1.81 bits per heavy atom. The second-order valence-electron chi connectivity index (χ2n) is 6.20. The van der Waals surface area contributed by atoms with E-state index in [-0.39, 0.29) is 11.0 Å². The monoisotopic (exact) mass is 381 g/mol. The number of halogens is 2. The van der Waals surface area contributed by atoms with Crippen molar-refractivity contribution in [2.75, 3.05) is 5.32 Å². The number of benzene rings is 3. The van der Waals surface area contributed by atoms with E-state index < -0.39 is 11.7 Å². The van der Waals surface area contributed by atoms with Crippen LogP contribution in [0, 0.1) is 12.7 Å². The SMILES string of the molecule is Cc1cc2oc3cc(NC(=O)c4cccc(F)c4)ccc3c(=O)c2cc1Cl. The van der Waals surface area contributed by atoms with Crippen LogP contribution in [0.15, 0.2) is 63.8 Å². The molecule has 0 unspecified atom stereocenters. The van der Waals surface area contributed by atoms with Gasteiger partial charge in [0.05, 0.1) is 10.8 Å². The summed E-state index contributed by atoms with van der Waals surface area (Å²) in [4.78, 5) is 25.0. The summed E-state index contributed by atoms with van der Waals surface area (Å²) < 4.78 is 19.1. The maximum absolute atomic E-state index is 13.3. The topological polar surface area (TPSA) is 59.3 Å². The molecule has 0 fully saturated rings. The van der Waals surface area contributed by atoms with Crippen LogP contribution < -0.4 is 10.7 Å². The Bertz CT molecular complexity index is 1280. The first-order valence-corrected chi connectivity index (χ1v) is 8.54. The highest BCUT2D eigenvalue weighted by Crippen LogP contribution is 2.26. The fourth-order valence-electron chi connectivity index (χ4n) is 2.89. The van der Waals surface area contributed by atoms with E-state index in [2.05, 4.69) is 5.32 Å². The predicted octanol–water partition coefficient (Wildman–Crippen LogP) is 5.30. The summed E-state index contributed by atoms with van der Waals surface area (Å²) in [6.45, 7) is 1.82. The van der Waals surface area contributed by atoms with Crippen LogP contribution in [0.5, 0.6) is 0 Å². The molecule has 1 amide bonds. The maximum atomic E-state index is 13.3. The molecule has 0 aliphatic rings. The molecule has 1 N–H and O–H groups in total. The van der Waals surface area contributed by atoms with Crippen molar-refractivity contribution in [2.45, 2.75) is 6.92 Å². The van der Waals surface area contributed by atoms with Gasteiger partial charge in [-0.2, -0.15) is 0 Å². The fourth-order valence-corrected chi connectivity index (χ4v) is 3.05. The Balaban J connectivity index is 1.78. The number of fused-ring (bicyclic) bond motifs is 2. The molecule has 0 atom stereocenters. The largest absolute Gasteiger partial charge is 0.456 e. The number of carbonyl (C=O) groups excluding carboxylic acids is 1. The Kier molecular flexibility index (Phi) is 4.16. The molecule has 27 heavy (non-hydrogen) atoms. The molecule has 1 aromatic heterocycles. The van der Waals surface area contributed by atoms with Crippen LogP contribution in [0.1, 0.15) is 15.9 Å². The van der Waals surface area contributed by atoms with Crippen LogP contribution in [0.4, 0.5) is 10.1 Å². The van der Waals surface area contributed by atoms with Crippen molar-refractivity contribution in [3.8, 4) is 0 Å². The van der Waals surface area contributed by atoms with E-state index in [0.29, 0.717) is 32.6 Å². The molecular weight excluding hydrogens is 369 g/mol. The van der Waals surface area contributed by atoms with Gasteiger partial charge in [0.1, 0.15) is 17.0 Å². The quantitative estimate of drug-likeness (QED) is 0.479. The van der Waals surface area contributed by atoms with Gasteiger partial charge < -0.3 is 9.73 Å². The minimum Gasteiger partial charge on any atom is -0.456 e. The second kappa shape index (κ2) is 6.52.